The molecule has 2 N–H and O–H groups in total. The monoisotopic (exact) mass is 394 g/mol. The molecule has 4 rings (SSSR count). The number of benzene rings is 1. The number of fused-ring (bicyclic) bond motifs is 1. The summed E-state index contributed by atoms with van der Waals surface area (Å²) in [5.41, 5.74) is 6.80. The number of piperidine rings is 1. The van der Waals surface area contributed by atoms with E-state index in [4.69, 9.17) is 15.2 Å². The molecule has 3 aliphatic rings. The maximum Gasteiger partial charge on any atom is 0.243 e. The first-order valence-corrected chi connectivity index (χ1v) is 11.4. The second-order valence-corrected chi connectivity index (χ2v) is 10.6. The molecule has 1 aromatic carbocycles. The summed E-state index contributed by atoms with van der Waals surface area (Å²) in [6.07, 6.45) is 4.92. The fraction of sp³-hybridized carbons (Fsp3) is 0.700. The van der Waals surface area contributed by atoms with E-state index in [0.29, 0.717) is 18.0 Å². The van der Waals surface area contributed by atoms with Crippen LogP contribution in [0.25, 0.3) is 0 Å². The van der Waals surface area contributed by atoms with E-state index in [1.165, 1.54) is 0 Å². The molecule has 3 unspecified atom stereocenters. The predicted octanol–water partition coefficient (Wildman–Crippen LogP) is 2.45. The molecule has 6 nitrogen and oxygen atoms in total. The van der Waals surface area contributed by atoms with E-state index in [2.05, 4.69) is 0 Å². The number of ether oxygens (including phenoxy) is 2. The van der Waals surface area contributed by atoms with Gasteiger partial charge in [-0.15, -0.1) is 0 Å². The molecule has 150 valence electrons. The molecule has 1 aromatic rings. The quantitative estimate of drug-likeness (QED) is 0.852. The minimum absolute atomic E-state index is 0.0922. The van der Waals surface area contributed by atoms with Gasteiger partial charge in [-0.05, 0) is 63.3 Å². The zero-order valence-electron chi connectivity index (χ0n) is 16.2. The third-order valence-electron chi connectivity index (χ3n) is 5.92. The molecule has 0 saturated carbocycles. The van der Waals surface area contributed by atoms with Gasteiger partial charge in [-0.3, -0.25) is 0 Å². The minimum atomic E-state index is -3.58. The highest BCUT2D eigenvalue weighted by Crippen LogP contribution is 2.38. The van der Waals surface area contributed by atoms with Crippen molar-refractivity contribution in [1.82, 2.24) is 4.31 Å². The van der Waals surface area contributed by atoms with E-state index in [1.807, 2.05) is 13.8 Å². The van der Waals surface area contributed by atoms with Crippen molar-refractivity contribution < 1.29 is 17.9 Å². The summed E-state index contributed by atoms with van der Waals surface area (Å²) in [7, 11) is -3.58. The number of hydrogen-bond donors (Lipinski definition) is 1. The Bertz CT molecular complexity index is 808. The van der Waals surface area contributed by atoms with Gasteiger partial charge < -0.3 is 15.2 Å². The van der Waals surface area contributed by atoms with Gasteiger partial charge in [-0.1, -0.05) is 6.42 Å². The zero-order chi connectivity index (χ0) is 19.2. The molecule has 3 aliphatic heterocycles. The van der Waals surface area contributed by atoms with E-state index in [1.54, 1.807) is 22.5 Å². The first kappa shape index (κ1) is 19.2. The Labute approximate surface area is 162 Å². The summed E-state index contributed by atoms with van der Waals surface area (Å²) in [6, 6.07) is 5.22. The largest absolute Gasteiger partial charge is 0.487 e. The lowest BCUT2D eigenvalue weighted by molar-refractivity contribution is -0.0386. The fourth-order valence-electron chi connectivity index (χ4n) is 4.61. The number of rotatable bonds is 3. The van der Waals surface area contributed by atoms with Crippen molar-refractivity contribution in [3.63, 3.8) is 0 Å². The van der Waals surface area contributed by atoms with Crippen LogP contribution in [0.1, 0.15) is 51.5 Å². The predicted molar refractivity (Wildman–Crippen MR) is 103 cm³/mol. The molecule has 0 spiro atoms. The summed E-state index contributed by atoms with van der Waals surface area (Å²) >= 11 is 0. The molecule has 2 saturated heterocycles. The molecular formula is C20H30N2O4S. The summed E-state index contributed by atoms with van der Waals surface area (Å²) in [6.45, 7) is 5.19. The lowest BCUT2D eigenvalue weighted by Crippen LogP contribution is -2.53. The van der Waals surface area contributed by atoms with Gasteiger partial charge in [0.2, 0.25) is 10.0 Å². The fourth-order valence-corrected chi connectivity index (χ4v) is 6.37. The van der Waals surface area contributed by atoms with Crippen molar-refractivity contribution >= 4 is 10.0 Å². The van der Waals surface area contributed by atoms with Crippen LogP contribution in [0.5, 0.6) is 5.75 Å². The van der Waals surface area contributed by atoms with Crippen LogP contribution in [-0.4, -0.2) is 49.7 Å². The SMILES string of the molecule is CC1(C)Cc2cc(S(=O)(=O)N3CCCCC3C3CC(N)CCO3)ccc2O1. The van der Waals surface area contributed by atoms with Crippen LogP contribution >= 0.6 is 0 Å². The second kappa shape index (κ2) is 7.03. The molecular weight excluding hydrogens is 364 g/mol. The standard InChI is InChI=1S/C20H30N2O4S/c1-20(2)13-14-11-16(6-7-18(14)26-20)27(23,24)22-9-4-3-5-17(22)19-12-15(21)8-10-25-19/h6-7,11,15,17,19H,3-5,8-10,12-13,21H2,1-2H3. The van der Waals surface area contributed by atoms with Crippen LogP contribution in [0.3, 0.4) is 0 Å². The molecule has 0 bridgehead atoms. The Morgan fingerprint density at radius 2 is 2.04 bits per heavy atom. The zero-order valence-corrected chi connectivity index (χ0v) is 17.0. The van der Waals surface area contributed by atoms with Gasteiger partial charge in [0.25, 0.3) is 0 Å². The van der Waals surface area contributed by atoms with Crippen LogP contribution < -0.4 is 10.5 Å². The highest BCUT2D eigenvalue weighted by Gasteiger charge is 2.40. The Kier molecular flexibility index (Phi) is 4.99. The van der Waals surface area contributed by atoms with Gasteiger partial charge in [-0.25, -0.2) is 8.42 Å². The number of hydrogen-bond acceptors (Lipinski definition) is 5. The van der Waals surface area contributed by atoms with Gasteiger partial charge >= 0.3 is 0 Å². The highest BCUT2D eigenvalue weighted by molar-refractivity contribution is 7.89. The Morgan fingerprint density at radius 3 is 2.81 bits per heavy atom. The van der Waals surface area contributed by atoms with Crippen LogP contribution in [0.15, 0.2) is 23.1 Å². The lowest BCUT2D eigenvalue weighted by atomic mass is 9.93. The first-order valence-electron chi connectivity index (χ1n) is 9.97. The van der Waals surface area contributed by atoms with Crippen LogP contribution in [-0.2, 0) is 21.2 Å². The van der Waals surface area contributed by atoms with E-state index >= 15 is 0 Å². The summed E-state index contributed by atoms with van der Waals surface area (Å²) < 4.78 is 40.5. The van der Waals surface area contributed by atoms with E-state index in [0.717, 1.165) is 49.8 Å². The molecule has 0 amide bonds. The minimum Gasteiger partial charge on any atom is -0.487 e. The van der Waals surface area contributed by atoms with Gasteiger partial charge in [0, 0.05) is 25.6 Å². The van der Waals surface area contributed by atoms with Gasteiger partial charge in [0.05, 0.1) is 17.0 Å². The Hall–Kier alpha value is -1.15. The second-order valence-electron chi connectivity index (χ2n) is 8.68. The van der Waals surface area contributed by atoms with E-state index < -0.39 is 10.0 Å². The molecule has 2 fully saturated rings. The topological polar surface area (TPSA) is 81.9 Å². The van der Waals surface area contributed by atoms with Crippen molar-refractivity contribution in [3.8, 4) is 5.75 Å². The normalized spacial score (nSPS) is 31.3. The molecule has 0 aromatic heterocycles. The van der Waals surface area contributed by atoms with Crippen molar-refractivity contribution in [1.29, 1.82) is 0 Å². The van der Waals surface area contributed by atoms with Gasteiger partial charge in [0.1, 0.15) is 11.4 Å². The van der Waals surface area contributed by atoms with E-state index in [-0.39, 0.29) is 23.8 Å². The van der Waals surface area contributed by atoms with Crippen LogP contribution in [0.2, 0.25) is 0 Å². The van der Waals surface area contributed by atoms with Crippen molar-refractivity contribution in [2.45, 2.75) is 81.1 Å². The van der Waals surface area contributed by atoms with Gasteiger partial charge in [0.15, 0.2) is 0 Å². The van der Waals surface area contributed by atoms with Crippen LogP contribution in [0.4, 0.5) is 0 Å². The molecule has 7 heteroatoms. The van der Waals surface area contributed by atoms with E-state index in [9.17, 15) is 8.42 Å². The highest BCUT2D eigenvalue weighted by atomic mass is 32.2. The maximum atomic E-state index is 13.5. The van der Waals surface area contributed by atoms with Gasteiger partial charge in [-0.2, -0.15) is 4.31 Å². The summed E-state index contributed by atoms with van der Waals surface area (Å²) in [5.74, 6) is 0.788. The third-order valence-corrected chi connectivity index (χ3v) is 7.84. The summed E-state index contributed by atoms with van der Waals surface area (Å²) in [5, 5.41) is 0. The molecule has 3 atom stereocenters. The number of sulfonamides is 1. The molecule has 27 heavy (non-hydrogen) atoms. The Morgan fingerprint density at radius 1 is 1.22 bits per heavy atom. The smallest absolute Gasteiger partial charge is 0.243 e. The molecule has 0 aliphatic carbocycles. The Balaban J connectivity index is 1.62. The third kappa shape index (κ3) is 3.75. The van der Waals surface area contributed by atoms with Crippen molar-refractivity contribution in [3.05, 3.63) is 23.8 Å². The molecule has 0 radical (unpaired) electrons. The van der Waals surface area contributed by atoms with Crippen LogP contribution in [0, 0.1) is 0 Å². The summed E-state index contributed by atoms with van der Waals surface area (Å²) in [4.78, 5) is 0.356. The molecule has 3 heterocycles. The first-order chi connectivity index (χ1) is 12.8. The van der Waals surface area contributed by atoms with Crippen molar-refractivity contribution in [2.75, 3.05) is 13.2 Å². The number of nitrogens with two attached hydrogens (primary N) is 1. The average Bonchev–Trinajstić information content (AvgIpc) is 2.94. The average molecular weight is 395 g/mol. The van der Waals surface area contributed by atoms with Crippen molar-refractivity contribution in [2.24, 2.45) is 5.73 Å². The number of nitrogens with zero attached hydrogens (tertiary/aromatic N) is 1. The lowest BCUT2D eigenvalue weighted by Gasteiger charge is -2.41. The maximum absolute atomic E-state index is 13.5.